The quantitative estimate of drug-likeness (QED) is 0.768. The second-order valence-corrected chi connectivity index (χ2v) is 7.50. The highest BCUT2D eigenvalue weighted by atomic mass is 16.2. The first-order chi connectivity index (χ1) is 12.4. The number of fused-ring (bicyclic) bond motifs is 1. The Balaban J connectivity index is 1.62. The molecule has 8 heteroatoms. The Morgan fingerprint density at radius 2 is 1.85 bits per heavy atom. The van der Waals surface area contributed by atoms with Gasteiger partial charge in [0.1, 0.15) is 6.04 Å². The number of rotatable bonds is 4. The lowest BCUT2D eigenvalue weighted by molar-refractivity contribution is -0.133. The van der Waals surface area contributed by atoms with E-state index < -0.39 is 17.9 Å². The predicted octanol–water partition coefficient (Wildman–Crippen LogP) is 0.162. The van der Waals surface area contributed by atoms with E-state index in [1.807, 2.05) is 4.90 Å². The summed E-state index contributed by atoms with van der Waals surface area (Å²) >= 11 is 0. The molecule has 3 fully saturated rings. The number of hydrogen-bond acceptors (Lipinski definition) is 4. The van der Waals surface area contributed by atoms with Crippen LogP contribution in [0.1, 0.15) is 39.0 Å². The minimum atomic E-state index is -0.559. The highest BCUT2D eigenvalue weighted by Crippen LogP contribution is 2.31. The number of urea groups is 1. The average molecular weight is 363 g/mol. The van der Waals surface area contributed by atoms with Crippen molar-refractivity contribution in [1.82, 2.24) is 14.7 Å². The van der Waals surface area contributed by atoms with Gasteiger partial charge in [-0.2, -0.15) is 0 Å². The maximum Gasteiger partial charge on any atom is 0.320 e. The van der Waals surface area contributed by atoms with E-state index in [2.05, 4.69) is 0 Å². The van der Waals surface area contributed by atoms with E-state index in [0.717, 1.165) is 32.4 Å². The van der Waals surface area contributed by atoms with E-state index in [0.29, 0.717) is 13.0 Å². The second-order valence-electron chi connectivity index (χ2n) is 7.50. The van der Waals surface area contributed by atoms with Crippen LogP contribution in [0.2, 0.25) is 0 Å². The van der Waals surface area contributed by atoms with Gasteiger partial charge in [-0.25, -0.2) is 4.79 Å². The van der Waals surface area contributed by atoms with Crippen LogP contribution >= 0.6 is 0 Å². The van der Waals surface area contributed by atoms with Crippen LogP contribution in [0.25, 0.3) is 0 Å². The van der Waals surface area contributed by atoms with Crippen molar-refractivity contribution in [2.45, 2.75) is 51.1 Å². The number of nitrogens with two attached hydrogens (primary N) is 1. The summed E-state index contributed by atoms with van der Waals surface area (Å²) in [6, 6.07) is -0.870. The van der Waals surface area contributed by atoms with E-state index in [4.69, 9.17) is 5.73 Å². The van der Waals surface area contributed by atoms with Crippen molar-refractivity contribution >= 4 is 23.6 Å². The van der Waals surface area contributed by atoms with Crippen LogP contribution in [-0.4, -0.2) is 76.6 Å². The molecule has 3 heterocycles. The lowest BCUT2D eigenvalue weighted by Crippen LogP contribution is -2.48. The molecule has 143 valence electrons. The van der Waals surface area contributed by atoms with Gasteiger partial charge in [0.2, 0.25) is 11.8 Å². The molecule has 4 amide bonds. The number of piperidine rings is 1. The third-order valence-electron chi connectivity index (χ3n) is 5.71. The molecular formula is C18H27N4O4. The third-order valence-corrected chi connectivity index (χ3v) is 5.71. The van der Waals surface area contributed by atoms with Gasteiger partial charge in [-0.1, -0.05) is 6.92 Å². The van der Waals surface area contributed by atoms with Crippen molar-refractivity contribution < 1.29 is 19.2 Å². The molecule has 3 aliphatic heterocycles. The number of hydrogen-bond donors (Lipinski definition) is 1. The Morgan fingerprint density at radius 3 is 2.50 bits per heavy atom. The monoisotopic (exact) mass is 363 g/mol. The SMILES string of the molecule is CC(C[CH]C(=O)N1CCC2C1C(=O)CN2C(=O)N1CCCCC1)C(N)=O. The van der Waals surface area contributed by atoms with Crippen molar-refractivity contribution in [1.29, 1.82) is 0 Å². The largest absolute Gasteiger partial charge is 0.369 e. The zero-order chi connectivity index (χ0) is 18.8. The van der Waals surface area contributed by atoms with Crippen LogP contribution < -0.4 is 5.73 Å². The van der Waals surface area contributed by atoms with Crippen LogP contribution in [0.15, 0.2) is 0 Å². The molecule has 0 bridgehead atoms. The summed E-state index contributed by atoms with van der Waals surface area (Å²) < 4.78 is 0. The maximum atomic E-state index is 12.8. The number of nitrogens with zero attached hydrogens (tertiary/aromatic N) is 3. The Morgan fingerprint density at radius 1 is 1.15 bits per heavy atom. The van der Waals surface area contributed by atoms with E-state index in [1.165, 1.54) is 6.42 Å². The summed E-state index contributed by atoms with van der Waals surface area (Å²) in [6.07, 6.45) is 5.43. The Bertz CT molecular complexity index is 602. The summed E-state index contributed by atoms with van der Waals surface area (Å²) in [5, 5.41) is 0. The molecule has 3 aliphatic rings. The lowest BCUT2D eigenvalue weighted by Gasteiger charge is -2.33. The molecule has 0 saturated carbocycles. The predicted molar refractivity (Wildman–Crippen MR) is 93.7 cm³/mol. The smallest absolute Gasteiger partial charge is 0.320 e. The van der Waals surface area contributed by atoms with Gasteiger partial charge in [-0.15, -0.1) is 0 Å². The fraction of sp³-hybridized carbons (Fsp3) is 0.722. The molecule has 0 spiro atoms. The lowest BCUT2D eigenvalue weighted by atomic mass is 10.0. The third kappa shape index (κ3) is 3.54. The number of ketones is 1. The summed E-state index contributed by atoms with van der Waals surface area (Å²) in [5.74, 6) is -1.22. The van der Waals surface area contributed by atoms with Crippen LogP contribution in [-0.2, 0) is 14.4 Å². The van der Waals surface area contributed by atoms with Gasteiger partial charge in [-0.3, -0.25) is 14.4 Å². The van der Waals surface area contributed by atoms with Crippen molar-refractivity contribution in [2.75, 3.05) is 26.2 Å². The minimum Gasteiger partial charge on any atom is -0.369 e. The number of Topliss-reactive ketones (excluding diaryl/α,β-unsaturated/α-hetero) is 1. The summed E-state index contributed by atoms with van der Waals surface area (Å²) in [7, 11) is 0. The van der Waals surface area contributed by atoms with Gasteiger partial charge < -0.3 is 20.4 Å². The molecule has 0 aromatic rings. The van der Waals surface area contributed by atoms with Crippen LogP contribution in [0.5, 0.6) is 0 Å². The van der Waals surface area contributed by atoms with Crippen molar-refractivity contribution in [3.63, 3.8) is 0 Å². The molecule has 0 aliphatic carbocycles. The average Bonchev–Trinajstić information content (AvgIpc) is 3.21. The summed E-state index contributed by atoms with van der Waals surface area (Å²) in [5.41, 5.74) is 5.22. The minimum absolute atomic E-state index is 0.0755. The molecule has 1 radical (unpaired) electrons. The van der Waals surface area contributed by atoms with E-state index in [9.17, 15) is 19.2 Å². The van der Waals surface area contributed by atoms with Gasteiger partial charge in [0, 0.05) is 25.6 Å². The molecule has 2 N–H and O–H groups in total. The normalized spacial score (nSPS) is 26.8. The van der Waals surface area contributed by atoms with Gasteiger partial charge >= 0.3 is 6.03 Å². The topological polar surface area (TPSA) is 104 Å². The summed E-state index contributed by atoms with van der Waals surface area (Å²) in [4.78, 5) is 53.9. The highest BCUT2D eigenvalue weighted by molar-refractivity contribution is 5.98. The molecule has 26 heavy (non-hydrogen) atoms. The van der Waals surface area contributed by atoms with Gasteiger partial charge in [-0.05, 0) is 32.1 Å². The van der Waals surface area contributed by atoms with Gasteiger partial charge in [0.05, 0.1) is 19.0 Å². The maximum absolute atomic E-state index is 12.8. The van der Waals surface area contributed by atoms with Crippen molar-refractivity contribution in [3.05, 3.63) is 6.42 Å². The number of amides is 4. The Labute approximate surface area is 153 Å². The Hall–Kier alpha value is -2.12. The highest BCUT2D eigenvalue weighted by Gasteiger charge is 2.51. The molecular weight excluding hydrogens is 336 g/mol. The van der Waals surface area contributed by atoms with E-state index in [1.54, 1.807) is 16.7 Å². The first kappa shape index (κ1) is 18.7. The van der Waals surface area contributed by atoms with Gasteiger partial charge in [0.15, 0.2) is 5.78 Å². The van der Waals surface area contributed by atoms with Crippen LogP contribution in [0.3, 0.4) is 0 Å². The van der Waals surface area contributed by atoms with E-state index >= 15 is 0 Å². The summed E-state index contributed by atoms with van der Waals surface area (Å²) in [6.45, 7) is 3.67. The van der Waals surface area contributed by atoms with Gasteiger partial charge in [0.25, 0.3) is 0 Å². The van der Waals surface area contributed by atoms with Crippen LogP contribution in [0.4, 0.5) is 4.79 Å². The first-order valence-corrected chi connectivity index (χ1v) is 9.41. The molecule has 3 unspecified atom stereocenters. The zero-order valence-electron chi connectivity index (χ0n) is 15.2. The number of likely N-dealkylation sites (tertiary alicyclic amines) is 3. The number of carbonyl (C=O) groups is 4. The molecule has 3 rings (SSSR count). The first-order valence-electron chi connectivity index (χ1n) is 9.41. The standard InChI is InChI=1S/C18H27N4O4/c1-12(17(19)25)5-6-15(24)21-10-7-13-16(21)14(23)11-22(13)18(26)20-8-3-2-4-9-20/h6,12-13,16H,2-5,7-11H2,1H3,(H2,19,25). The van der Waals surface area contributed by atoms with Crippen molar-refractivity contribution in [3.8, 4) is 0 Å². The fourth-order valence-corrected chi connectivity index (χ4v) is 4.10. The van der Waals surface area contributed by atoms with Crippen molar-refractivity contribution in [2.24, 2.45) is 11.7 Å². The molecule has 0 aromatic carbocycles. The van der Waals surface area contributed by atoms with E-state index in [-0.39, 0.29) is 36.7 Å². The molecule has 3 saturated heterocycles. The second kappa shape index (κ2) is 7.63. The fourth-order valence-electron chi connectivity index (χ4n) is 4.10. The number of primary amides is 1. The molecule has 3 atom stereocenters. The number of carbonyl (C=O) groups excluding carboxylic acids is 4. The zero-order valence-corrected chi connectivity index (χ0v) is 15.2. The molecule has 0 aromatic heterocycles. The Kier molecular flexibility index (Phi) is 5.48. The van der Waals surface area contributed by atoms with Crippen LogP contribution in [0, 0.1) is 12.3 Å². The molecule has 8 nitrogen and oxygen atoms in total.